The highest BCUT2D eigenvalue weighted by molar-refractivity contribution is 6.32. The van der Waals surface area contributed by atoms with Crippen LogP contribution in [-0.2, 0) is 0 Å². The predicted molar refractivity (Wildman–Crippen MR) is 110 cm³/mol. The zero-order valence-electron chi connectivity index (χ0n) is 15.2. The van der Waals surface area contributed by atoms with Crippen LogP contribution in [0.1, 0.15) is 27.0 Å². The van der Waals surface area contributed by atoms with Gasteiger partial charge in [-0.25, -0.2) is 4.79 Å². The summed E-state index contributed by atoms with van der Waals surface area (Å²) in [6.45, 7) is 1.73. The summed E-state index contributed by atoms with van der Waals surface area (Å²) in [6, 6.07) is 12.2. The third kappa shape index (κ3) is 4.05. The molecule has 0 aliphatic carbocycles. The highest BCUT2D eigenvalue weighted by Crippen LogP contribution is 2.27. The van der Waals surface area contributed by atoms with Crippen molar-refractivity contribution in [1.29, 1.82) is 0 Å². The van der Waals surface area contributed by atoms with Crippen LogP contribution in [-0.4, -0.2) is 26.0 Å². The number of imidazole rings is 1. The van der Waals surface area contributed by atoms with Crippen LogP contribution in [0, 0.1) is 18.8 Å². The molecule has 142 valence electrons. The number of aryl methyl sites for hydroxylation is 1. The Labute approximate surface area is 171 Å². The topological polar surface area (TPSA) is 88.1 Å². The SMILES string of the molecule is Cc1ccc(Oc2nc3cc(C#Cc4cccnc4)c(Cl)cc3[nH]2)cc1C(=O)O. The molecule has 6 nitrogen and oxygen atoms in total. The van der Waals surface area contributed by atoms with Crippen LogP contribution in [0.5, 0.6) is 11.8 Å². The van der Waals surface area contributed by atoms with Gasteiger partial charge in [-0.15, -0.1) is 0 Å². The number of carbonyl (C=O) groups is 1. The van der Waals surface area contributed by atoms with Crippen LogP contribution in [0.4, 0.5) is 0 Å². The Bertz CT molecular complexity index is 1290. The number of ether oxygens (including phenoxy) is 1. The molecule has 0 spiro atoms. The fourth-order valence-electron chi connectivity index (χ4n) is 2.73. The lowest BCUT2D eigenvalue weighted by molar-refractivity contribution is 0.0695. The average molecular weight is 404 g/mol. The van der Waals surface area contributed by atoms with Crippen molar-refractivity contribution in [3.05, 3.63) is 82.1 Å². The first kappa shape index (κ1) is 18.5. The Kier molecular flexibility index (Phi) is 4.90. The van der Waals surface area contributed by atoms with Crippen LogP contribution in [0.3, 0.4) is 0 Å². The summed E-state index contributed by atoms with van der Waals surface area (Å²) in [6.07, 6.45) is 3.36. The van der Waals surface area contributed by atoms with Crippen molar-refractivity contribution >= 4 is 28.6 Å². The number of pyridine rings is 1. The second-order valence-corrected chi connectivity index (χ2v) is 6.67. The molecule has 0 unspecified atom stereocenters. The van der Waals surface area contributed by atoms with E-state index in [1.807, 2.05) is 12.1 Å². The number of carboxylic acids is 1. The van der Waals surface area contributed by atoms with Crippen molar-refractivity contribution in [3.63, 3.8) is 0 Å². The van der Waals surface area contributed by atoms with E-state index in [0.29, 0.717) is 32.9 Å². The summed E-state index contributed by atoms with van der Waals surface area (Å²) in [4.78, 5) is 22.7. The van der Waals surface area contributed by atoms with Gasteiger partial charge in [-0.2, -0.15) is 4.98 Å². The first-order chi connectivity index (χ1) is 14.0. The summed E-state index contributed by atoms with van der Waals surface area (Å²) in [5.74, 6) is 5.40. The Balaban J connectivity index is 1.64. The minimum Gasteiger partial charge on any atom is -0.478 e. The van der Waals surface area contributed by atoms with Gasteiger partial charge < -0.3 is 14.8 Å². The third-order valence-corrected chi connectivity index (χ3v) is 4.52. The molecule has 0 bridgehead atoms. The molecule has 2 aromatic heterocycles. The molecule has 2 N–H and O–H groups in total. The van der Waals surface area contributed by atoms with Crippen LogP contribution in [0.25, 0.3) is 11.0 Å². The van der Waals surface area contributed by atoms with Crippen molar-refractivity contribution in [1.82, 2.24) is 15.0 Å². The molecule has 2 heterocycles. The zero-order chi connectivity index (χ0) is 20.4. The number of aromatic nitrogens is 3. The standard InChI is InChI=1S/C22H14ClN3O3/c1-13-4-7-16(10-17(13)21(27)28)29-22-25-19-9-15(18(23)11-20(19)26-22)6-5-14-3-2-8-24-12-14/h2-4,7-12H,1H3,(H,25,26)(H,27,28). The number of fused-ring (bicyclic) bond motifs is 1. The number of hydrogen-bond acceptors (Lipinski definition) is 4. The Morgan fingerprint density at radius 3 is 2.83 bits per heavy atom. The first-order valence-corrected chi connectivity index (χ1v) is 9.00. The molecule has 4 aromatic rings. The van der Waals surface area contributed by atoms with E-state index < -0.39 is 5.97 Å². The molecule has 0 aliphatic heterocycles. The van der Waals surface area contributed by atoms with Crippen LogP contribution in [0.2, 0.25) is 5.02 Å². The Morgan fingerprint density at radius 1 is 1.21 bits per heavy atom. The molecule has 0 amide bonds. The normalized spacial score (nSPS) is 10.4. The number of hydrogen-bond donors (Lipinski definition) is 2. The number of nitrogens with zero attached hydrogens (tertiary/aromatic N) is 2. The quantitative estimate of drug-likeness (QED) is 0.479. The number of H-pyrrole nitrogens is 1. The molecule has 0 saturated carbocycles. The van der Waals surface area contributed by atoms with E-state index in [1.54, 1.807) is 43.6 Å². The molecule has 0 atom stereocenters. The number of rotatable bonds is 3. The van der Waals surface area contributed by atoms with Gasteiger partial charge in [-0.05, 0) is 48.9 Å². The number of benzene rings is 2. The van der Waals surface area contributed by atoms with E-state index in [9.17, 15) is 9.90 Å². The van der Waals surface area contributed by atoms with Gasteiger partial charge in [0.1, 0.15) is 5.75 Å². The summed E-state index contributed by atoms with van der Waals surface area (Å²) in [5.41, 5.74) is 3.55. The van der Waals surface area contributed by atoms with Gasteiger partial charge in [0.2, 0.25) is 0 Å². The van der Waals surface area contributed by atoms with Gasteiger partial charge in [0.15, 0.2) is 0 Å². The monoisotopic (exact) mass is 403 g/mol. The number of carboxylic acid groups (broad SMARTS) is 1. The largest absolute Gasteiger partial charge is 0.478 e. The maximum absolute atomic E-state index is 11.3. The van der Waals surface area contributed by atoms with E-state index >= 15 is 0 Å². The van der Waals surface area contributed by atoms with Gasteiger partial charge in [0, 0.05) is 23.5 Å². The number of halogens is 1. The maximum Gasteiger partial charge on any atom is 0.336 e. The molecule has 0 saturated heterocycles. The minimum atomic E-state index is -1.01. The van der Waals surface area contributed by atoms with E-state index in [-0.39, 0.29) is 11.6 Å². The fraction of sp³-hybridized carbons (Fsp3) is 0.0455. The molecular formula is C22H14ClN3O3. The predicted octanol–water partition coefficient (Wildman–Crippen LogP) is 4.81. The highest BCUT2D eigenvalue weighted by Gasteiger charge is 2.12. The lowest BCUT2D eigenvalue weighted by atomic mass is 10.1. The molecular weight excluding hydrogens is 390 g/mol. The fourth-order valence-corrected chi connectivity index (χ4v) is 2.94. The van der Waals surface area contributed by atoms with Gasteiger partial charge in [-0.3, -0.25) is 4.98 Å². The van der Waals surface area contributed by atoms with Gasteiger partial charge in [-0.1, -0.05) is 29.5 Å². The summed E-state index contributed by atoms with van der Waals surface area (Å²) >= 11 is 6.34. The molecule has 0 radical (unpaired) electrons. The molecule has 4 rings (SSSR count). The van der Waals surface area contributed by atoms with E-state index in [4.69, 9.17) is 16.3 Å². The van der Waals surface area contributed by atoms with Crippen molar-refractivity contribution in [2.75, 3.05) is 0 Å². The highest BCUT2D eigenvalue weighted by atomic mass is 35.5. The zero-order valence-corrected chi connectivity index (χ0v) is 16.0. The van der Waals surface area contributed by atoms with Crippen LogP contribution in [0.15, 0.2) is 54.9 Å². The second kappa shape index (κ2) is 7.66. The van der Waals surface area contributed by atoms with Crippen molar-refractivity contribution in [2.24, 2.45) is 0 Å². The second-order valence-electron chi connectivity index (χ2n) is 6.27. The maximum atomic E-state index is 11.3. The van der Waals surface area contributed by atoms with E-state index in [0.717, 1.165) is 5.56 Å². The number of aromatic carboxylic acids is 1. The summed E-state index contributed by atoms with van der Waals surface area (Å²) in [7, 11) is 0. The van der Waals surface area contributed by atoms with Crippen molar-refractivity contribution < 1.29 is 14.6 Å². The van der Waals surface area contributed by atoms with Gasteiger partial charge >= 0.3 is 5.97 Å². The lowest BCUT2D eigenvalue weighted by Crippen LogP contribution is -2.00. The molecule has 2 aromatic carbocycles. The molecule has 29 heavy (non-hydrogen) atoms. The molecule has 0 fully saturated rings. The van der Waals surface area contributed by atoms with Crippen molar-refractivity contribution in [3.8, 4) is 23.6 Å². The number of aromatic amines is 1. The van der Waals surface area contributed by atoms with Crippen LogP contribution >= 0.6 is 11.6 Å². The first-order valence-electron chi connectivity index (χ1n) is 8.63. The van der Waals surface area contributed by atoms with Gasteiger partial charge in [0.05, 0.1) is 21.6 Å². The Morgan fingerprint density at radius 2 is 2.07 bits per heavy atom. The summed E-state index contributed by atoms with van der Waals surface area (Å²) < 4.78 is 5.70. The summed E-state index contributed by atoms with van der Waals surface area (Å²) in [5, 5.41) is 9.73. The number of nitrogens with one attached hydrogen (secondary N) is 1. The smallest absolute Gasteiger partial charge is 0.336 e. The van der Waals surface area contributed by atoms with Crippen molar-refractivity contribution in [2.45, 2.75) is 6.92 Å². The van der Waals surface area contributed by atoms with E-state index in [1.165, 1.54) is 6.07 Å². The third-order valence-electron chi connectivity index (χ3n) is 4.21. The van der Waals surface area contributed by atoms with E-state index in [2.05, 4.69) is 26.8 Å². The van der Waals surface area contributed by atoms with Gasteiger partial charge in [0.25, 0.3) is 6.01 Å². The van der Waals surface area contributed by atoms with Crippen LogP contribution < -0.4 is 4.74 Å². The average Bonchev–Trinajstić information content (AvgIpc) is 3.09. The Hall–Kier alpha value is -3.82. The lowest BCUT2D eigenvalue weighted by Gasteiger charge is -2.05. The minimum absolute atomic E-state index is 0.176. The molecule has 0 aliphatic rings. The molecule has 7 heteroatoms.